The van der Waals surface area contributed by atoms with E-state index < -0.39 is 6.10 Å². The number of aromatic amines is 1. The summed E-state index contributed by atoms with van der Waals surface area (Å²) in [5.74, 6) is 1.37. The first-order chi connectivity index (χ1) is 10.8. The molecule has 2 N–H and O–H groups in total. The van der Waals surface area contributed by atoms with Gasteiger partial charge < -0.3 is 14.7 Å². The lowest BCUT2D eigenvalue weighted by molar-refractivity contribution is 0.0592. The Morgan fingerprint density at radius 3 is 2.68 bits per heavy atom. The number of para-hydroxylation sites is 1. The molecular weight excluding hydrogens is 278 g/mol. The van der Waals surface area contributed by atoms with E-state index in [1.807, 2.05) is 36.5 Å². The zero-order valence-corrected chi connectivity index (χ0v) is 12.7. The number of hydrogen-bond donors (Lipinski definition) is 2. The standard InChI is InChI=1S/C17H23N3O2/c21-15(13-22-16-4-2-1-3-5-16)12-20-10-7-14(8-11-20)17-6-9-18-19-17/h1-6,9,14-15,21H,7-8,10-13H2,(H,18,19)/t15-/m1/s1. The maximum atomic E-state index is 10.1. The number of aromatic nitrogens is 2. The summed E-state index contributed by atoms with van der Waals surface area (Å²) >= 11 is 0. The van der Waals surface area contributed by atoms with Gasteiger partial charge in [0.15, 0.2) is 0 Å². The molecule has 0 radical (unpaired) electrons. The van der Waals surface area contributed by atoms with Crippen LogP contribution in [0.5, 0.6) is 5.75 Å². The Bertz CT molecular complexity index is 536. The minimum absolute atomic E-state index is 0.338. The highest BCUT2D eigenvalue weighted by molar-refractivity contribution is 5.20. The molecule has 22 heavy (non-hydrogen) atoms. The molecule has 5 nitrogen and oxygen atoms in total. The molecular formula is C17H23N3O2. The number of aliphatic hydroxyl groups excluding tert-OH is 1. The van der Waals surface area contributed by atoms with Gasteiger partial charge >= 0.3 is 0 Å². The van der Waals surface area contributed by atoms with E-state index >= 15 is 0 Å². The molecule has 0 spiro atoms. The number of nitrogens with one attached hydrogen (secondary N) is 1. The number of likely N-dealkylation sites (tertiary alicyclic amines) is 1. The highest BCUT2D eigenvalue weighted by Gasteiger charge is 2.23. The van der Waals surface area contributed by atoms with Crippen LogP contribution in [0.15, 0.2) is 42.6 Å². The molecule has 0 saturated carbocycles. The molecule has 2 aromatic rings. The number of aliphatic hydroxyl groups is 1. The minimum atomic E-state index is -0.455. The van der Waals surface area contributed by atoms with E-state index in [0.717, 1.165) is 31.7 Å². The monoisotopic (exact) mass is 301 g/mol. The predicted octanol–water partition coefficient (Wildman–Crippen LogP) is 2.03. The lowest BCUT2D eigenvalue weighted by atomic mass is 9.93. The van der Waals surface area contributed by atoms with Crippen LogP contribution >= 0.6 is 0 Å². The number of β-amino-alcohol motifs (C(OH)–C–C–N with tert-alkyl or cyclic N) is 1. The topological polar surface area (TPSA) is 61.4 Å². The fraction of sp³-hybridized carbons (Fsp3) is 0.471. The largest absolute Gasteiger partial charge is 0.491 e. The Morgan fingerprint density at radius 2 is 2.00 bits per heavy atom. The van der Waals surface area contributed by atoms with Gasteiger partial charge in [-0.3, -0.25) is 5.10 Å². The second-order valence-electron chi connectivity index (χ2n) is 5.86. The van der Waals surface area contributed by atoms with Crippen molar-refractivity contribution in [2.45, 2.75) is 24.9 Å². The molecule has 0 amide bonds. The highest BCUT2D eigenvalue weighted by atomic mass is 16.5. The van der Waals surface area contributed by atoms with Gasteiger partial charge in [-0.2, -0.15) is 5.10 Å². The second kappa shape index (κ2) is 7.42. The molecule has 0 aliphatic carbocycles. The van der Waals surface area contributed by atoms with Crippen molar-refractivity contribution in [3.8, 4) is 5.75 Å². The second-order valence-corrected chi connectivity index (χ2v) is 5.86. The molecule has 1 saturated heterocycles. The van der Waals surface area contributed by atoms with E-state index in [1.165, 1.54) is 5.69 Å². The van der Waals surface area contributed by atoms with Gasteiger partial charge in [0.05, 0.1) is 0 Å². The third kappa shape index (κ3) is 4.08. The summed E-state index contributed by atoms with van der Waals surface area (Å²) in [6.45, 7) is 3.02. The summed E-state index contributed by atoms with van der Waals surface area (Å²) in [7, 11) is 0. The van der Waals surface area contributed by atoms with Crippen LogP contribution in [0.4, 0.5) is 0 Å². The van der Waals surface area contributed by atoms with Gasteiger partial charge in [0.25, 0.3) is 0 Å². The van der Waals surface area contributed by atoms with Crippen LogP contribution in [0.3, 0.4) is 0 Å². The average molecular weight is 301 g/mol. The van der Waals surface area contributed by atoms with Gasteiger partial charge in [0.2, 0.25) is 0 Å². The van der Waals surface area contributed by atoms with Crippen LogP contribution < -0.4 is 4.74 Å². The maximum absolute atomic E-state index is 10.1. The summed E-state index contributed by atoms with van der Waals surface area (Å²) in [6, 6.07) is 11.7. The third-order valence-corrected chi connectivity index (χ3v) is 4.20. The molecule has 1 aromatic heterocycles. The molecule has 2 heterocycles. The van der Waals surface area contributed by atoms with Gasteiger partial charge in [-0.05, 0) is 44.1 Å². The lowest BCUT2D eigenvalue weighted by Gasteiger charge is -2.32. The van der Waals surface area contributed by atoms with E-state index in [4.69, 9.17) is 4.74 Å². The van der Waals surface area contributed by atoms with Crippen LogP contribution in [-0.2, 0) is 0 Å². The minimum Gasteiger partial charge on any atom is -0.491 e. The highest BCUT2D eigenvalue weighted by Crippen LogP contribution is 2.26. The van der Waals surface area contributed by atoms with Crippen molar-refractivity contribution in [3.63, 3.8) is 0 Å². The van der Waals surface area contributed by atoms with Gasteiger partial charge in [-0.1, -0.05) is 18.2 Å². The summed E-state index contributed by atoms with van der Waals surface area (Å²) in [5, 5.41) is 17.2. The molecule has 0 bridgehead atoms. The van der Waals surface area contributed by atoms with Crippen LogP contribution in [0.25, 0.3) is 0 Å². The molecule has 1 fully saturated rings. The quantitative estimate of drug-likeness (QED) is 0.857. The van der Waals surface area contributed by atoms with E-state index in [9.17, 15) is 5.11 Å². The zero-order chi connectivity index (χ0) is 15.2. The Balaban J connectivity index is 1.39. The fourth-order valence-electron chi connectivity index (χ4n) is 2.98. The summed E-state index contributed by atoms with van der Waals surface area (Å²) in [4.78, 5) is 2.31. The van der Waals surface area contributed by atoms with Crippen LogP contribution in [0.1, 0.15) is 24.5 Å². The normalized spacial score (nSPS) is 18.2. The predicted molar refractivity (Wildman–Crippen MR) is 84.9 cm³/mol. The number of ether oxygens (including phenoxy) is 1. The van der Waals surface area contributed by atoms with Gasteiger partial charge in [0.1, 0.15) is 18.5 Å². The molecule has 1 aliphatic rings. The Kier molecular flexibility index (Phi) is 5.08. The lowest BCUT2D eigenvalue weighted by Crippen LogP contribution is -2.40. The summed E-state index contributed by atoms with van der Waals surface area (Å²) in [6.07, 6.45) is 3.57. The zero-order valence-electron chi connectivity index (χ0n) is 12.7. The van der Waals surface area contributed by atoms with Crippen LogP contribution in [0.2, 0.25) is 0 Å². The van der Waals surface area contributed by atoms with Crippen molar-refractivity contribution < 1.29 is 9.84 Å². The van der Waals surface area contributed by atoms with Crippen molar-refractivity contribution >= 4 is 0 Å². The van der Waals surface area contributed by atoms with E-state index in [0.29, 0.717) is 19.1 Å². The number of H-pyrrole nitrogens is 1. The third-order valence-electron chi connectivity index (χ3n) is 4.20. The Labute approximate surface area is 130 Å². The number of nitrogens with zero attached hydrogens (tertiary/aromatic N) is 2. The number of piperidine rings is 1. The molecule has 5 heteroatoms. The van der Waals surface area contributed by atoms with Crippen molar-refractivity contribution in [1.29, 1.82) is 0 Å². The maximum Gasteiger partial charge on any atom is 0.119 e. The van der Waals surface area contributed by atoms with Crippen molar-refractivity contribution in [1.82, 2.24) is 15.1 Å². The first-order valence-corrected chi connectivity index (χ1v) is 7.89. The molecule has 1 atom stereocenters. The van der Waals surface area contributed by atoms with E-state index in [-0.39, 0.29) is 0 Å². The molecule has 1 aromatic carbocycles. The van der Waals surface area contributed by atoms with Gasteiger partial charge in [-0.25, -0.2) is 0 Å². The number of hydrogen-bond acceptors (Lipinski definition) is 4. The SMILES string of the molecule is O[C@@H](COc1ccccc1)CN1CCC(c2ccn[nH]2)CC1. The van der Waals surface area contributed by atoms with Crippen LogP contribution in [0, 0.1) is 0 Å². The molecule has 0 unspecified atom stereocenters. The summed E-state index contributed by atoms with van der Waals surface area (Å²) < 4.78 is 5.60. The van der Waals surface area contributed by atoms with Crippen molar-refractivity contribution in [2.24, 2.45) is 0 Å². The number of benzene rings is 1. The van der Waals surface area contributed by atoms with Gasteiger partial charge in [-0.15, -0.1) is 0 Å². The molecule has 3 rings (SSSR count). The van der Waals surface area contributed by atoms with Crippen molar-refractivity contribution in [2.75, 3.05) is 26.2 Å². The van der Waals surface area contributed by atoms with E-state index in [2.05, 4.69) is 21.2 Å². The first kappa shape index (κ1) is 15.1. The van der Waals surface area contributed by atoms with Gasteiger partial charge in [0, 0.05) is 24.4 Å². The Morgan fingerprint density at radius 1 is 1.23 bits per heavy atom. The van der Waals surface area contributed by atoms with E-state index in [1.54, 1.807) is 0 Å². The average Bonchev–Trinajstić information content (AvgIpc) is 3.09. The number of rotatable bonds is 6. The smallest absolute Gasteiger partial charge is 0.119 e. The fourth-order valence-corrected chi connectivity index (χ4v) is 2.98. The molecule has 118 valence electrons. The summed E-state index contributed by atoms with van der Waals surface area (Å²) in [5.41, 5.74) is 1.23. The van der Waals surface area contributed by atoms with Crippen molar-refractivity contribution in [3.05, 3.63) is 48.3 Å². The first-order valence-electron chi connectivity index (χ1n) is 7.89. The van der Waals surface area contributed by atoms with Crippen LogP contribution in [-0.4, -0.2) is 52.5 Å². The Hall–Kier alpha value is -1.85. The molecule has 1 aliphatic heterocycles.